The third-order valence-electron chi connectivity index (χ3n) is 4.42. The Kier molecular flexibility index (Phi) is 5.54. The number of methoxy groups -OCH3 is 1. The van der Waals surface area contributed by atoms with Gasteiger partial charge < -0.3 is 9.47 Å². The van der Waals surface area contributed by atoms with Crippen LogP contribution in [0.4, 0.5) is 17.6 Å². The van der Waals surface area contributed by atoms with E-state index in [4.69, 9.17) is 4.74 Å². The van der Waals surface area contributed by atoms with Crippen molar-refractivity contribution >= 4 is 0 Å². The molecule has 0 aromatic heterocycles. The SMILES string of the molecule is COc1cc(C(C)(C)c2ccc(OC(F)(F)F)cc2)c(F)cc1C(C)C. The van der Waals surface area contributed by atoms with E-state index >= 15 is 0 Å². The van der Waals surface area contributed by atoms with Gasteiger partial charge in [0.2, 0.25) is 0 Å². The van der Waals surface area contributed by atoms with E-state index in [0.717, 1.165) is 5.56 Å². The molecular weight excluding hydrogens is 348 g/mol. The molecule has 0 amide bonds. The van der Waals surface area contributed by atoms with Gasteiger partial charge in [-0.1, -0.05) is 39.8 Å². The van der Waals surface area contributed by atoms with Crippen LogP contribution in [0.15, 0.2) is 36.4 Å². The van der Waals surface area contributed by atoms with Gasteiger partial charge in [0.1, 0.15) is 17.3 Å². The third-order valence-corrected chi connectivity index (χ3v) is 4.42. The Morgan fingerprint density at radius 1 is 0.962 bits per heavy atom. The number of hydrogen-bond donors (Lipinski definition) is 0. The molecule has 0 atom stereocenters. The highest BCUT2D eigenvalue weighted by atomic mass is 19.4. The molecule has 26 heavy (non-hydrogen) atoms. The minimum absolute atomic E-state index is 0.0930. The van der Waals surface area contributed by atoms with E-state index < -0.39 is 11.8 Å². The standard InChI is InChI=1S/C20H22F4O2/c1-12(2)15-10-17(21)16(11-18(15)25-5)19(3,4)13-6-8-14(9-7-13)26-20(22,23)24/h6-12H,1-5H3. The van der Waals surface area contributed by atoms with E-state index in [1.807, 2.05) is 13.8 Å². The van der Waals surface area contributed by atoms with Crippen LogP contribution in [0.3, 0.4) is 0 Å². The van der Waals surface area contributed by atoms with Gasteiger partial charge in [0.05, 0.1) is 7.11 Å². The first-order valence-corrected chi connectivity index (χ1v) is 8.20. The molecule has 0 saturated carbocycles. The van der Waals surface area contributed by atoms with E-state index in [-0.39, 0.29) is 17.5 Å². The maximum atomic E-state index is 14.8. The highest BCUT2D eigenvalue weighted by Gasteiger charge is 2.32. The number of halogens is 4. The van der Waals surface area contributed by atoms with Crippen LogP contribution >= 0.6 is 0 Å². The van der Waals surface area contributed by atoms with Crippen molar-refractivity contribution in [2.24, 2.45) is 0 Å². The summed E-state index contributed by atoms with van der Waals surface area (Å²) in [7, 11) is 1.53. The smallest absolute Gasteiger partial charge is 0.496 e. The van der Waals surface area contributed by atoms with Crippen LogP contribution in [-0.2, 0) is 5.41 Å². The van der Waals surface area contributed by atoms with Crippen molar-refractivity contribution in [1.82, 2.24) is 0 Å². The van der Waals surface area contributed by atoms with Crippen LogP contribution in [0.25, 0.3) is 0 Å². The van der Waals surface area contributed by atoms with Crippen molar-refractivity contribution in [3.63, 3.8) is 0 Å². The summed E-state index contributed by atoms with van der Waals surface area (Å²) in [5, 5.41) is 0. The van der Waals surface area contributed by atoms with E-state index in [2.05, 4.69) is 4.74 Å². The molecule has 0 unspecified atom stereocenters. The molecule has 0 N–H and O–H groups in total. The first kappa shape index (κ1) is 20.1. The zero-order valence-corrected chi connectivity index (χ0v) is 15.4. The second-order valence-corrected chi connectivity index (χ2v) is 6.93. The van der Waals surface area contributed by atoms with Crippen LogP contribution < -0.4 is 9.47 Å². The average molecular weight is 370 g/mol. The summed E-state index contributed by atoms with van der Waals surface area (Å²) >= 11 is 0. The minimum Gasteiger partial charge on any atom is -0.496 e. The molecule has 0 fully saturated rings. The lowest BCUT2D eigenvalue weighted by molar-refractivity contribution is -0.274. The zero-order chi connectivity index (χ0) is 19.7. The van der Waals surface area contributed by atoms with Gasteiger partial charge in [-0.3, -0.25) is 0 Å². The van der Waals surface area contributed by atoms with Crippen LogP contribution in [0, 0.1) is 5.82 Å². The summed E-state index contributed by atoms with van der Waals surface area (Å²) < 4.78 is 60.9. The first-order chi connectivity index (χ1) is 12.0. The van der Waals surface area contributed by atoms with E-state index in [0.29, 0.717) is 16.9 Å². The number of benzene rings is 2. The fourth-order valence-corrected chi connectivity index (χ4v) is 2.90. The summed E-state index contributed by atoms with van der Waals surface area (Å²) in [4.78, 5) is 0. The fourth-order valence-electron chi connectivity index (χ4n) is 2.90. The van der Waals surface area contributed by atoms with E-state index in [9.17, 15) is 17.6 Å². The van der Waals surface area contributed by atoms with Crippen molar-refractivity contribution in [1.29, 1.82) is 0 Å². The Labute approximate surface area is 150 Å². The normalized spacial score (nSPS) is 12.4. The monoisotopic (exact) mass is 370 g/mol. The van der Waals surface area contributed by atoms with Crippen molar-refractivity contribution in [2.45, 2.75) is 45.4 Å². The van der Waals surface area contributed by atoms with Gasteiger partial charge in [0.25, 0.3) is 0 Å². The van der Waals surface area contributed by atoms with Crippen LogP contribution in [0.1, 0.15) is 50.3 Å². The summed E-state index contributed by atoms with van der Waals surface area (Å²) in [6.45, 7) is 7.50. The molecule has 2 nitrogen and oxygen atoms in total. The van der Waals surface area contributed by atoms with Crippen LogP contribution in [-0.4, -0.2) is 13.5 Å². The molecule has 142 valence electrons. The number of ether oxygens (including phenoxy) is 2. The molecule has 0 saturated heterocycles. The molecule has 0 aliphatic rings. The fraction of sp³-hybridized carbons (Fsp3) is 0.400. The second kappa shape index (κ2) is 7.17. The van der Waals surface area contributed by atoms with Gasteiger partial charge >= 0.3 is 6.36 Å². The molecule has 0 radical (unpaired) electrons. The Balaban J connectivity index is 2.43. The number of hydrogen-bond acceptors (Lipinski definition) is 2. The van der Waals surface area contributed by atoms with Gasteiger partial charge in [-0.05, 0) is 41.3 Å². The number of rotatable bonds is 5. The summed E-state index contributed by atoms with van der Waals surface area (Å²) in [5.41, 5.74) is 1.05. The van der Waals surface area contributed by atoms with Crippen LogP contribution in [0.5, 0.6) is 11.5 Å². The highest BCUT2D eigenvalue weighted by molar-refractivity contribution is 5.47. The lowest BCUT2D eigenvalue weighted by atomic mass is 9.77. The number of alkyl halides is 3. The first-order valence-electron chi connectivity index (χ1n) is 8.20. The Hall–Kier alpha value is -2.24. The minimum atomic E-state index is -4.75. The molecule has 6 heteroatoms. The molecule has 0 heterocycles. The van der Waals surface area contributed by atoms with Gasteiger partial charge in [-0.2, -0.15) is 0 Å². The topological polar surface area (TPSA) is 18.5 Å². The van der Waals surface area contributed by atoms with E-state index in [1.54, 1.807) is 19.9 Å². The largest absolute Gasteiger partial charge is 0.573 e. The molecule has 2 aromatic carbocycles. The second-order valence-electron chi connectivity index (χ2n) is 6.93. The van der Waals surface area contributed by atoms with Crippen molar-refractivity contribution < 1.29 is 27.0 Å². The summed E-state index contributed by atoms with van der Waals surface area (Å²) in [5.74, 6) is -0.0164. The van der Waals surface area contributed by atoms with Crippen molar-refractivity contribution in [2.75, 3.05) is 7.11 Å². The molecule has 2 aromatic rings. The Morgan fingerprint density at radius 2 is 1.54 bits per heavy atom. The maximum Gasteiger partial charge on any atom is 0.573 e. The van der Waals surface area contributed by atoms with Gasteiger partial charge in [-0.15, -0.1) is 13.2 Å². The molecule has 0 bridgehead atoms. The van der Waals surface area contributed by atoms with E-state index in [1.165, 1.54) is 37.4 Å². The van der Waals surface area contributed by atoms with Gasteiger partial charge in [0.15, 0.2) is 0 Å². The van der Waals surface area contributed by atoms with Gasteiger partial charge in [-0.25, -0.2) is 4.39 Å². The van der Waals surface area contributed by atoms with Crippen LogP contribution in [0.2, 0.25) is 0 Å². The van der Waals surface area contributed by atoms with Gasteiger partial charge in [0, 0.05) is 11.0 Å². The maximum absolute atomic E-state index is 14.8. The zero-order valence-electron chi connectivity index (χ0n) is 15.4. The lowest BCUT2D eigenvalue weighted by Crippen LogP contribution is -2.21. The molecular formula is C20H22F4O2. The Morgan fingerprint density at radius 3 is 2.00 bits per heavy atom. The molecule has 2 rings (SSSR count). The molecule has 0 aliphatic heterocycles. The van der Waals surface area contributed by atoms with Crippen molar-refractivity contribution in [3.8, 4) is 11.5 Å². The Bertz CT molecular complexity index is 763. The van der Waals surface area contributed by atoms with Crippen molar-refractivity contribution in [3.05, 3.63) is 58.9 Å². The highest BCUT2D eigenvalue weighted by Crippen LogP contribution is 2.39. The lowest BCUT2D eigenvalue weighted by Gasteiger charge is -2.28. The quantitative estimate of drug-likeness (QED) is 0.585. The predicted octanol–water partition coefficient (Wildman–Crippen LogP) is 6.18. The summed E-state index contributed by atoms with van der Waals surface area (Å²) in [6, 6.07) is 8.57. The average Bonchev–Trinajstić information content (AvgIpc) is 2.53. The third kappa shape index (κ3) is 4.29. The predicted molar refractivity (Wildman–Crippen MR) is 92.3 cm³/mol. The summed E-state index contributed by atoms with van der Waals surface area (Å²) in [6.07, 6.45) is -4.75. The molecule has 0 spiro atoms. The molecule has 0 aliphatic carbocycles.